The fourth-order valence-electron chi connectivity index (χ4n) is 2.54. The summed E-state index contributed by atoms with van der Waals surface area (Å²) in [6.45, 7) is 6.23. The van der Waals surface area contributed by atoms with Gasteiger partial charge in [0.05, 0.1) is 6.54 Å². The van der Waals surface area contributed by atoms with Crippen LogP contribution in [0.25, 0.3) is 0 Å². The normalized spacial score (nSPS) is 18.3. The summed E-state index contributed by atoms with van der Waals surface area (Å²) < 4.78 is 5.37. The van der Waals surface area contributed by atoms with Crippen molar-refractivity contribution in [1.82, 2.24) is 10.2 Å². The number of nitrogens with one attached hydrogen (secondary N) is 1. The van der Waals surface area contributed by atoms with E-state index < -0.39 is 17.7 Å². The molecular weight excluding hydrogens is 344 g/mol. The lowest BCUT2D eigenvalue weighted by Gasteiger charge is -2.28. The average molecular weight is 368 g/mol. The van der Waals surface area contributed by atoms with Crippen LogP contribution in [-0.4, -0.2) is 46.1 Å². The molecule has 1 unspecified atom stereocenters. The Morgan fingerprint density at radius 3 is 2.88 bits per heavy atom. The predicted octanol–water partition coefficient (Wildman–Crippen LogP) is 1.86. The van der Waals surface area contributed by atoms with Gasteiger partial charge in [-0.1, -0.05) is 5.16 Å². The third-order valence-corrected chi connectivity index (χ3v) is 4.61. The molecule has 2 heterocycles. The van der Waals surface area contributed by atoms with Crippen LogP contribution in [0.15, 0.2) is 16.6 Å². The van der Waals surface area contributed by atoms with E-state index in [0.717, 1.165) is 11.3 Å². The number of amides is 2. The molecule has 1 aromatic heterocycles. The standard InChI is InChI=1S/C16H24N4O4S/c1-16(2,3)24-15(22)20-6-4-5-12(20)14(21)18-8-11-7-10(9-25-11)13(17)19-23/h7,9,12,23H,4-6,8H2,1-3H3,(H2,17,19)(H,18,21). The molecule has 1 aromatic rings. The van der Waals surface area contributed by atoms with Crippen LogP contribution in [0, 0.1) is 0 Å². The van der Waals surface area contributed by atoms with E-state index in [1.54, 1.807) is 32.2 Å². The molecule has 1 aliphatic heterocycles. The van der Waals surface area contributed by atoms with E-state index in [9.17, 15) is 9.59 Å². The lowest BCUT2D eigenvalue weighted by atomic mass is 10.2. The van der Waals surface area contributed by atoms with Crippen molar-refractivity contribution in [3.8, 4) is 0 Å². The van der Waals surface area contributed by atoms with Gasteiger partial charge >= 0.3 is 6.09 Å². The van der Waals surface area contributed by atoms with Gasteiger partial charge in [-0.2, -0.15) is 0 Å². The van der Waals surface area contributed by atoms with Crippen LogP contribution in [-0.2, 0) is 16.1 Å². The van der Waals surface area contributed by atoms with Crippen molar-refractivity contribution in [3.05, 3.63) is 21.9 Å². The van der Waals surface area contributed by atoms with E-state index in [-0.39, 0.29) is 11.7 Å². The quantitative estimate of drug-likeness (QED) is 0.324. The summed E-state index contributed by atoms with van der Waals surface area (Å²) in [4.78, 5) is 27.0. The van der Waals surface area contributed by atoms with Gasteiger partial charge in [0, 0.05) is 22.4 Å². The fraction of sp³-hybridized carbons (Fsp3) is 0.562. The molecule has 138 valence electrons. The van der Waals surface area contributed by atoms with Crippen LogP contribution in [0.5, 0.6) is 0 Å². The average Bonchev–Trinajstić information content (AvgIpc) is 3.19. The van der Waals surface area contributed by atoms with Crippen LogP contribution in [0.2, 0.25) is 0 Å². The molecule has 1 fully saturated rings. The highest BCUT2D eigenvalue weighted by Gasteiger charge is 2.36. The summed E-state index contributed by atoms with van der Waals surface area (Å²) in [5.74, 6) is -0.178. The number of hydrogen-bond acceptors (Lipinski definition) is 6. The van der Waals surface area contributed by atoms with Gasteiger partial charge in [-0.25, -0.2) is 4.79 Å². The molecule has 0 saturated carbocycles. The number of ether oxygens (including phenoxy) is 1. The number of nitrogens with zero attached hydrogens (tertiary/aromatic N) is 2. The van der Waals surface area contributed by atoms with Gasteiger partial charge in [-0.15, -0.1) is 11.3 Å². The van der Waals surface area contributed by atoms with Crippen molar-refractivity contribution in [3.63, 3.8) is 0 Å². The van der Waals surface area contributed by atoms with E-state index in [0.29, 0.717) is 25.1 Å². The number of nitrogens with two attached hydrogens (primary N) is 1. The number of likely N-dealkylation sites (tertiary alicyclic amines) is 1. The number of amidine groups is 1. The smallest absolute Gasteiger partial charge is 0.410 e. The van der Waals surface area contributed by atoms with Crippen molar-refractivity contribution in [2.75, 3.05) is 6.54 Å². The molecule has 0 spiro atoms. The Hall–Kier alpha value is -2.29. The summed E-state index contributed by atoms with van der Waals surface area (Å²) in [5, 5.41) is 16.2. The van der Waals surface area contributed by atoms with Crippen LogP contribution in [0.3, 0.4) is 0 Å². The number of hydrogen-bond donors (Lipinski definition) is 3. The number of carbonyl (C=O) groups excluding carboxylic acids is 2. The summed E-state index contributed by atoms with van der Waals surface area (Å²) in [7, 11) is 0. The van der Waals surface area contributed by atoms with Crippen molar-refractivity contribution >= 4 is 29.2 Å². The summed E-state index contributed by atoms with van der Waals surface area (Å²) in [6, 6.07) is 1.23. The first-order chi connectivity index (χ1) is 11.7. The molecule has 1 atom stereocenters. The zero-order valence-corrected chi connectivity index (χ0v) is 15.4. The molecule has 0 radical (unpaired) electrons. The maximum absolute atomic E-state index is 12.5. The molecule has 0 aliphatic carbocycles. The second-order valence-electron chi connectivity index (χ2n) is 6.84. The molecule has 25 heavy (non-hydrogen) atoms. The number of thiophene rings is 1. The monoisotopic (exact) mass is 368 g/mol. The van der Waals surface area contributed by atoms with Crippen LogP contribution in [0.1, 0.15) is 44.1 Å². The van der Waals surface area contributed by atoms with Gasteiger partial charge in [0.1, 0.15) is 11.6 Å². The molecule has 2 amide bonds. The third-order valence-electron chi connectivity index (χ3n) is 3.68. The van der Waals surface area contributed by atoms with Gasteiger partial charge in [-0.3, -0.25) is 9.69 Å². The van der Waals surface area contributed by atoms with Gasteiger partial charge in [0.2, 0.25) is 5.91 Å². The highest BCUT2D eigenvalue weighted by atomic mass is 32.1. The molecule has 1 saturated heterocycles. The largest absolute Gasteiger partial charge is 0.444 e. The van der Waals surface area contributed by atoms with E-state index >= 15 is 0 Å². The van der Waals surface area contributed by atoms with E-state index in [1.165, 1.54) is 16.2 Å². The molecule has 8 nitrogen and oxygen atoms in total. The highest BCUT2D eigenvalue weighted by Crippen LogP contribution is 2.21. The van der Waals surface area contributed by atoms with Crippen LogP contribution in [0.4, 0.5) is 4.79 Å². The minimum absolute atomic E-state index is 0.0284. The first-order valence-corrected chi connectivity index (χ1v) is 8.92. The Labute approximate surface area is 150 Å². The first kappa shape index (κ1) is 19.0. The Kier molecular flexibility index (Phi) is 5.89. The predicted molar refractivity (Wildman–Crippen MR) is 94.6 cm³/mol. The Balaban J connectivity index is 1.93. The zero-order valence-electron chi connectivity index (χ0n) is 14.6. The van der Waals surface area contributed by atoms with Gasteiger partial charge in [0.15, 0.2) is 5.84 Å². The van der Waals surface area contributed by atoms with Gasteiger partial charge in [0.25, 0.3) is 0 Å². The fourth-order valence-corrected chi connectivity index (χ4v) is 3.35. The second-order valence-corrected chi connectivity index (χ2v) is 7.83. The Morgan fingerprint density at radius 1 is 1.52 bits per heavy atom. The second kappa shape index (κ2) is 7.73. The molecule has 0 aromatic carbocycles. The number of carbonyl (C=O) groups is 2. The van der Waals surface area contributed by atoms with E-state index in [2.05, 4.69) is 10.5 Å². The number of oxime groups is 1. The maximum Gasteiger partial charge on any atom is 0.410 e. The van der Waals surface area contributed by atoms with Gasteiger partial charge in [-0.05, 0) is 39.7 Å². The number of rotatable bonds is 4. The van der Waals surface area contributed by atoms with Crippen molar-refractivity contribution in [2.45, 2.75) is 51.8 Å². The van der Waals surface area contributed by atoms with Crippen LogP contribution >= 0.6 is 11.3 Å². The molecule has 9 heteroatoms. The summed E-state index contributed by atoms with van der Waals surface area (Å²) in [5.41, 5.74) is 5.54. The minimum atomic E-state index is -0.595. The lowest BCUT2D eigenvalue weighted by molar-refractivity contribution is -0.125. The first-order valence-electron chi connectivity index (χ1n) is 8.04. The molecular formula is C16H24N4O4S. The SMILES string of the molecule is CC(C)(C)OC(=O)N1CCCC1C(=O)NCc1cc(/C(N)=N/O)cs1. The van der Waals surface area contributed by atoms with Crippen molar-refractivity contribution < 1.29 is 19.5 Å². The summed E-state index contributed by atoms with van der Waals surface area (Å²) >= 11 is 1.40. The molecule has 1 aliphatic rings. The van der Waals surface area contributed by atoms with Crippen molar-refractivity contribution in [2.24, 2.45) is 10.9 Å². The van der Waals surface area contributed by atoms with Crippen LogP contribution < -0.4 is 11.1 Å². The molecule has 0 bridgehead atoms. The zero-order chi connectivity index (χ0) is 18.6. The maximum atomic E-state index is 12.5. The van der Waals surface area contributed by atoms with E-state index in [1.807, 2.05) is 0 Å². The third kappa shape index (κ3) is 5.09. The topological polar surface area (TPSA) is 117 Å². The molecule has 2 rings (SSSR count). The minimum Gasteiger partial charge on any atom is -0.444 e. The van der Waals surface area contributed by atoms with Gasteiger partial charge < -0.3 is 21.0 Å². The Bertz CT molecular complexity index is 665. The van der Waals surface area contributed by atoms with E-state index in [4.69, 9.17) is 15.7 Å². The lowest BCUT2D eigenvalue weighted by Crippen LogP contribution is -2.47. The molecule has 4 N–H and O–H groups in total. The highest BCUT2D eigenvalue weighted by molar-refractivity contribution is 7.10. The Morgan fingerprint density at radius 2 is 2.24 bits per heavy atom. The van der Waals surface area contributed by atoms with Crippen molar-refractivity contribution in [1.29, 1.82) is 0 Å². The summed E-state index contributed by atoms with van der Waals surface area (Å²) in [6.07, 6.45) is 0.921.